The van der Waals surface area contributed by atoms with E-state index < -0.39 is 5.97 Å². The SMILES string of the molecule is CCN(Cc1c(C(=O)O)sc2cccc(F)c12)C(C)C. The van der Waals surface area contributed by atoms with Crippen LogP contribution < -0.4 is 0 Å². The molecule has 0 saturated carbocycles. The fourth-order valence-corrected chi connectivity index (χ4v) is 3.42. The van der Waals surface area contributed by atoms with Crippen LogP contribution in [0, 0.1) is 5.82 Å². The van der Waals surface area contributed by atoms with Crippen molar-refractivity contribution >= 4 is 27.4 Å². The number of benzene rings is 1. The summed E-state index contributed by atoms with van der Waals surface area (Å²) >= 11 is 1.14. The van der Waals surface area contributed by atoms with Gasteiger partial charge in [-0.25, -0.2) is 9.18 Å². The average Bonchev–Trinajstić information content (AvgIpc) is 2.75. The van der Waals surface area contributed by atoms with Crippen LogP contribution in [0.4, 0.5) is 4.39 Å². The van der Waals surface area contributed by atoms with Gasteiger partial charge in [0.15, 0.2) is 0 Å². The van der Waals surface area contributed by atoms with Gasteiger partial charge in [-0.2, -0.15) is 0 Å². The highest BCUT2D eigenvalue weighted by atomic mass is 32.1. The molecule has 0 radical (unpaired) electrons. The van der Waals surface area contributed by atoms with Crippen molar-refractivity contribution in [3.05, 3.63) is 34.5 Å². The molecule has 1 aromatic carbocycles. The maximum Gasteiger partial charge on any atom is 0.346 e. The summed E-state index contributed by atoms with van der Waals surface area (Å²) in [5.74, 6) is -1.33. The van der Waals surface area contributed by atoms with Gasteiger partial charge < -0.3 is 5.11 Å². The van der Waals surface area contributed by atoms with Crippen molar-refractivity contribution in [2.24, 2.45) is 0 Å². The number of halogens is 1. The van der Waals surface area contributed by atoms with Crippen LogP contribution in [0.2, 0.25) is 0 Å². The molecule has 2 rings (SSSR count). The second-order valence-corrected chi connectivity index (χ2v) is 6.04. The van der Waals surface area contributed by atoms with Crippen LogP contribution in [-0.2, 0) is 6.54 Å². The summed E-state index contributed by atoms with van der Waals surface area (Å²) in [5, 5.41) is 9.80. The van der Waals surface area contributed by atoms with Crippen LogP contribution in [0.5, 0.6) is 0 Å². The van der Waals surface area contributed by atoms with Gasteiger partial charge in [0.2, 0.25) is 0 Å². The van der Waals surface area contributed by atoms with Crippen LogP contribution in [-0.4, -0.2) is 28.6 Å². The predicted octanol–water partition coefficient (Wildman–Crippen LogP) is 3.97. The third-order valence-corrected chi connectivity index (χ3v) is 4.64. The molecule has 0 aliphatic heterocycles. The molecule has 3 nitrogen and oxygen atoms in total. The number of carboxylic acids is 1. The first-order valence-electron chi connectivity index (χ1n) is 6.62. The lowest BCUT2D eigenvalue weighted by molar-refractivity contribution is 0.0699. The second kappa shape index (κ2) is 5.89. The Morgan fingerprint density at radius 1 is 1.45 bits per heavy atom. The Hall–Kier alpha value is -1.46. The Morgan fingerprint density at radius 3 is 2.70 bits per heavy atom. The van der Waals surface area contributed by atoms with Gasteiger partial charge in [0.1, 0.15) is 10.7 Å². The van der Waals surface area contributed by atoms with E-state index in [2.05, 4.69) is 18.7 Å². The standard InChI is InChI=1S/C15H18FNO2S/c1-4-17(9(2)3)8-10-13-11(16)6-5-7-12(13)20-14(10)15(18)19/h5-7,9H,4,8H2,1-3H3,(H,18,19). The normalized spacial score (nSPS) is 11.7. The summed E-state index contributed by atoms with van der Waals surface area (Å²) in [4.78, 5) is 13.8. The first-order chi connectivity index (χ1) is 9.45. The number of hydrogen-bond acceptors (Lipinski definition) is 3. The number of thiophene rings is 1. The summed E-state index contributed by atoms with van der Waals surface area (Å²) in [5.41, 5.74) is 0.589. The van der Waals surface area contributed by atoms with Gasteiger partial charge in [0.05, 0.1) is 0 Å². The van der Waals surface area contributed by atoms with E-state index in [-0.39, 0.29) is 16.7 Å². The topological polar surface area (TPSA) is 40.5 Å². The molecule has 108 valence electrons. The molecular weight excluding hydrogens is 277 g/mol. The van der Waals surface area contributed by atoms with Crippen LogP contribution in [0.25, 0.3) is 10.1 Å². The molecule has 0 fully saturated rings. The lowest BCUT2D eigenvalue weighted by Crippen LogP contribution is -2.30. The minimum Gasteiger partial charge on any atom is -0.477 e. The van der Waals surface area contributed by atoms with Crippen molar-refractivity contribution in [1.29, 1.82) is 0 Å². The van der Waals surface area contributed by atoms with E-state index in [1.54, 1.807) is 12.1 Å². The molecule has 0 spiro atoms. The summed E-state index contributed by atoms with van der Waals surface area (Å²) in [7, 11) is 0. The molecule has 20 heavy (non-hydrogen) atoms. The van der Waals surface area contributed by atoms with Crippen molar-refractivity contribution < 1.29 is 14.3 Å². The Labute approximate surface area is 121 Å². The maximum absolute atomic E-state index is 14.1. The van der Waals surface area contributed by atoms with Gasteiger partial charge in [0.25, 0.3) is 0 Å². The third kappa shape index (κ3) is 2.69. The number of nitrogens with zero attached hydrogens (tertiary/aromatic N) is 1. The summed E-state index contributed by atoms with van der Waals surface area (Å²) < 4.78 is 14.8. The molecule has 0 atom stereocenters. The molecule has 5 heteroatoms. The van der Waals surface area contributed by atoms with Gasteiger partial charge >= 0.3 is 5.97 Å². The molecule has 0 aliphatic carbocycles. The van der Waals surface area contributed by atoms with Crippen LogP contribution in [0.15, 0.2) is 18.2 Å². The molecule has 0 bridgehead atoms. The first kappa shape index (κ1) is 14.9. The Kier molecular flexibility index (Phi) is 4.40. The van der Waals surface area contributed by atoms with Gasteiger partial charge in [-0.3, -0.25) is 4.90 Å². The van der Waals surface area contributed by atoms with Gasteiger partial charge in [-0.05, 0) is 32.5 Å². The maximum atomic E-state index is 14.1. The largest absolute Gasteiger partial charge is 0.477 e. The number of carbonyl (C=O) groups is 1. The Balaban J connectivity index is 2.59. The van der Waals surface area contributed by atoms with E-state index in [9.17, 15) is 14.3 Å². The molecular formula is C15H18FNO2S. The fraction of sp³-hybridized carbons (Fsp3) is 0.400. The molecule has 1 aromatic heterocycles. The fourth-order valence-electron chi connectivity index (χ4n) is 2.35. The quantitative estimate of drug-likeness (QED) is 0.907. The third-order valence-electron chi connectivity index (χ3n) is 3.46. The van der Waals surface area contributed by atoms with Crippen molar-refractivity contribution in [2.75, 3.05) is 6.54 Å². The van der Waals surface area contributed by atoms with E-state index in [0.717, 1.165) is 17.9 Å². The zero-order chi connectivity index (χ0) is 14.9. The predicted molar refractivity (Wildman–Crippen MR) is 80.0 cm³/mol. The highest BCUT2D eigenvalue weighted by Crippen LogP contribution is 2.34. The number of rotatable bonds is 5. The highest BCUT2D eigenvalue weighted by Gasteiger charge is 2.22. The smallest absolute Gasteiger partial charge is 0.346 e. The minimum absolute atomic E-state index is 0.240. The summed E-state index contributed by atoms with van der Waals surface area (Å²) in [6.07, 6.45) is 0. The van der Waals surface area contributed by atoms with Gasteiger partial charge in [-0.15, -0.1) is 11.3 Å². The number of aromatic carboxylic acids is 1. The van der Waals surface area contributed by atoms with Crippen LogP contribution in [0.1, 0.15) is 36.0 Å². The summed E-state index contributed by atoms with van der Waals surface area (Å²) in [6, 6.07) is 5.05. The van der Waals surface area contributed by atoms with E-state index in [1.807, 2.05) is 6.92 Å². The van der Waals surface area contributed by atoms with Gasteiger partial charge in [-0.1, -0.05) is 13.0 Å². The molecule has 0 amide bonds. The number of carboxylic acid groups (broad SMARTS) is 1. The number of fused-ring (bicyclic) bond motifs is 1. The first-order valence-corrected chi connectivity index (χ1v) is 7.44. The van der Waals surface area contributed by atoms with Gasteiger partial charge in [0, 0.05) is 28.2 Å². The van der Waals surface area contributed by atoms with Crippen molar-refractivity contribution in [3.63, 3.8) is 0 Å². The zero-order valence-corrected chi connectivity index (χ0v) is 12.6. The lowest BCUT2D eigenvalue weighted by atomic mass is 10.1. The van der Waals surface area contributed by atoms with E-state index in [0.29, 0.717) is 22.2 Å². The summed E-state index contributed by atoms with van der Waals surface area (Å²) in [6.45, 7) is 7.37. The van der Waals surface area contributed by atoms with E-state index in [1.165, 1.54) is 6.07 Å². The second-order valence-electron chi connectivity index (χ2n) is 4.98. The lowest BCUT2D eigenvalue weighted by Gasteiger charge is -2.24. The van der Waals surface area contributed by atoms with Crippen LogP contribution >= 0.6 is 11.3 Å². The minimum atomic E-state index is -0.986. The molecule has 0 aliphatic rings. The zero-order valence-electron chi connectivity index (χ0n) is 11.8. The molecule has 2 aromatic rings. The van der Waals surface area contributed by atoms with E-state index in [4.69, 9.17) is 0 Å². The highest BCUT2D eigenvalue weighted by molar-refractivity contribution is 7.21. The molecule has 0 unspecified atom stereocenters. The van der Waals surface area contributed by atoms with Crippen molar-refractivity contribution in [1.82, 2.24) is 4.90 Å². The monoisotopic (exact) mass is 295 g/mol. The van der Waals surface area contributed by atoms with Crippen LogP contribution in [0.3, 0.4) is 0 Å². The molecule has 0 saturated heterocycles. The Morgan fingerprint density at radius 2 is 2.15 bits per heavy atom. The molecule has 1 N–H and O–H groups in total. The van der Waals surface area contributed by atoms with Crippen molar-refractivity contribution in [3.8, 4) is 0 Å². The average molecular weight is 295 g/mol. The van der Waals surface area contributed by atoms with Crippen molar-refractivity contribution in [2.45, 2.75) is 33.4 Å². The molecule has 1 heterocycles. The van der Waals surface area contributed by atoms with E-state index >= 15 is 0 Å². The Bertz CT molecular complexity index is 636. The number of hydrogen-bond donors (Lipinski definition) is 1.